The zero-order valence-corrected chi connectivity index (χ0v) is 13.3. The number of rotatable bonds is 1. The molecule has 1 heterocycles. The minimum atomic E-state index is 0.213. The van der Waals surface area contributed by atoms with Crippen LogP contribution in [0.4, 0.5) is 5.69 Å². The molecule has 3 heteroatoms. The largest absolute Gasteiger partial charge is 0.228 e. The Kier molecular flexibility index (Phi) is 4.18. The molecule has 1 nitrogen and oxygen atoms in total. The Balaban J connectivity index is 2.24. The summed E-state index contributed by atoms with van der Waals surface area (Å²) < 4.78 is 4.99. The Labute approximate surface area is 118 Å². The first-order chi connectivity index (χ1) is 8.37. The van der Waals surface area contributed by atoms with E-state index in [-0.39, 0.29) is 10.7 Å². The molecule has 1 aromatic rings. The van der Waals surface area contributed by atoms with Crippen molar-refractivity contribution in [2.24, 2.45) is 9.78 Å². The van der Waals surface area contributed by atoms with Crippen LogP contribution in [-0.4, -0.2) is 11.5 Å². The third-order valence-electron chi connectivity index (χ3n) is 3.71. The lowest BCUT2D eigenvalue weighted by atomic mass is 9.87. The molecule has 1 saturated heterocycles. The van der Waals surface area contributed by atoms with E-state index < -0.39 is 0 Å². The van der Waals surface area contributed by atoms with E-state index in [1.807, 2.05) is 12.1 Å². The first-order valence-corrected chi connectivity index (χ1v) is 8.43. The molecule has 0 atom stereocenters. The van der Waals surface area contributed by atoms with E-state index in [1.165, 1.54) is 41.2 Å². The summed E-state index contributed by atoms with van der Waals surface area (Å²) >= 11 is 6.06. The molecule has 0 aliphatic carbocycles. The normalized spacial score (nSPS) is 19.8. The van der Waals surface area contributed by atoms with Crippen LogP contribution in [-0.2, 0) is 10.7 Å². The van der Waals surface area contributed by atoms with Crippen LogP contribution in [0.2, 0.25) is 5.02 Å². The van der Waals surface area contributed by atoms with Crippen LogP contribution in [0.5, 0.6) is 0 Å². The minimum absolute atomic E-state index is 0.213. The summed E-state index contributed by atoms with van der Waals surface area (Å²) in [6.07, 6.45) is 2.59. The van der Waals surface area contributed by atoms with E-state index >= 15 is 0 Å². The van der Waals surface area contributed by atoms with Crippen molar-refractivity contribution in [1.82, 2.24) is 0 Å². The van der Waals surface area contributed by atoms with Crippen molar-refractivity contribution in [3.05, 3.63) is 28.3 Å². The minimum Gasteiger partial charge on any atom is -0.228 e. The molecule has 18 heavy (non-hydrogen) atoms. The third kappa shape index (κ3) is 3.36. The number of hydrogen-bond donors (Lipinski definition) is 0. The van der Waals surface area contributed by atoms with Crippen LogP contribution < -0.4 is 0 Å². The van der Waals surface area contributed by atoms with Gasteiger partial charge in [-0.1, -0.05) is 36.1 Å². The number of aryl methyl sites for hydroxylation is 2. The van der Waals surface area contributed by atoms with Gasteiger partial charge in [0.15, 0.2) is 0 Å². The summed E-state index contributed by atoms with van der Waals surface area (Å²) in [5, 5.41) is 0.817. The molecule has 1 aliphatic heterocycles. The molecule has 0 radical (unpaired) electrons. The van der Waals surface area contributed by atoms with Crippen LogP contribution in [0.1, 0.15) is 37.8 Å². The molecule has 1 aromatic carbocycles. The first kappa shape index (κ1) is 14.1. The van der Waals surface area contributed by atoms with Crippen LogP contribution >= 0.6 is 11.6 Å². The van der Waals surface area contributed by atoms with Crippen LogP contribution in [0.3, 0.4) is 0 Å². The zero-order valence-electron chi connectivity index (χ0n) is 11.7. The second kappa shape index (κ2) is 5.34. The van der Waals surface area contributed by atoms with Crippen molar-refractivity contribution < 1.29 is 0 Å². The lowest BCUT2D eigenvalue weighted by Crippen LogP contribution is -2.24. The highest BCUT2D eigenvalue weighted by molar-refractivity contribution is 7.87. The van der Waals surface area contributed by atoms with Crippen molar-refractivity contribution in [3.63, 3.8) is 0 Å². The predicted octanol–water partition coefficient (Wildman–Crippen LogP) is 5.21. The summed E-state index contributed by atoms with van der Waals surface area (Å²) in [4.78, 5) is 0. The summed E-state index contributed by atoms with van der Waals surface area (Å²) in [5.74, 6) is 2.49. The average molecular weight is 284 g/mol. The molecule has 2 rings (SSSR count). The van der Waals surface area contributed by atoms with Gasteiger partial charge in [0.1, 0.15) is 0 Å². The van der Waals surface area contributed by atoms with Crippen molar-refractivity contribution >= 4 is 28.0 Å². The number of benzene rings is 1. The van der Waals surface area contributed by atoms with Gasteiger partial charge >= 0.3 is 0 Å². The lowest BCUT2D eigenvalue weighted by Gasteiger charge is -2.30. The van der Waals surface area contributed by atoms with Gasteiger partial charge in [-0.3, -0.25) is 0 Å². The van der Waals surface area contributed by atoms with Crippen molar-refractivity contribution in [3.8, 4) is 0 Å². The standard InChI is InChI=1S/C15H22ClNS/c1-11-9-13(16)10-12(2)14(11)17-18-7-5-15(3,4)6-8-18/h9-10H,5-8H2,1-4H3. The van der Waals surface area contributed by atoms with Gasteiger partial charge in [-0.2, -0.15) is 0 Å². The molecular weight excluding hydrogens is 262 g/mol. The Morgan fingerprint density at radius 2 is 1.61 bits per heavy atom. The molecule has 0 unspecified atom stereocenters. The maximum atomic E-state index is 6.06. The quantitative estimate of drug-likeness (QED) is 0.671. The molecule has 0 bridgehead atoms. The Hall–Kier alpha value is -0.340. The number of halogens is 1. The van der Waals surface area contributed by atoms with Crippen LogP contribution in [0, 0.1) is 19.3 Å². The molecule has 1 fully saturated rings. The number of hydrogen-bond acceptors (Lipinski definition) is 1. The Bertz CT molecular complexity index is 456. The van der Waals surface area contributed by atoms with E-state index in [0.29, 0.717) is 5.41 Å². The second-order valence-electron chi connectivity index (χ2n) is 6.01. The van der Waals surface area contributed by atoms with E-state index in [0.717, 1.165) is 5.02 Å². The molecule has 1 aliphatic rings. The van der Waals surface area contributed by atoms with Crippen LogP contribution in [0.15, 0.2) is 16.5 Å². The molecule has 0 saturated carbocycles. The SMILES string of the molecule is Cc1cc(Cl)cc(C)c1N=S1CCC(C)(C)CC1. The van der Waals surface area contributed by atoms with E-state index in [2.05, 4.69) is 27.7 Å². The van der Waals surface area contributed by atoms with Gasteiger partial charge in [-0.15, -0.1) is 0 Å². The van der Waals surface area contributed by atoms with Gasteiger partial charge in [-0.05, 0) is 55.4 Å². The fraction of sp³-hybridized carbons (Fsp3) is 0.600. The zero-order chi connectivity index (χ0) is 13.3. The van der Waals surface area contributed by atoms with Gasteiger partial charge in [0.2, 0.25) is 0 Å². The summed E-state index contributed by atoms with van der Waals surface area (Å²) in [7, 11) is 0.213. The van der Waals surface area contributed by atoms with Crippen molar-refractivity contribution in [2.45, 2.75) is 40.5 Å². The van der Waals surface area contributed by atoms with Crippen molar-refractivity contribution in [1.29, 1.82) is 0 Å². The average Bonchev–Trinajstić information content (AvgIpc) is 2.25. The maximum Gasteiger partial charge on any atom is 0.0762 e. The maximum absolute atomic E-state index is 6.06. The molecule has 0 spiro atoms. The van der Waals surface area contributed by atoms with Gasteiger partial charge in [0.25, 0.3) is 0 Å². The third-order valence-corrected chi connectivity index (χ3v) is 5.71. The van der Waals surface area contributed by atoms with E-state index in [1.54, 1.807) is 0 Å². The number of nitrogens with zero attached hydrogens (tertiary/aromatic N) is 1. The van der Waals surface area contributed by atoms with E-state index in [9.17, 15) is 0 Å². The molecule has 0 aromatic heterocycles. The Morgan fingerprint density at radius 1 is 1.11 bits per heavy atom. The molecule has 0 N–H and O–H groups in total. The van der Waals surface area contributed by atoms with Gasteiger partial charge < -0.3 is 0 Å². The summed E-state index contributed by atoms with van der Waals surface area (Å²) in [6, 6.07) is 4.04. The molecule has 0 amide bonds. The van der Waals surface area contributed by atoms with Gasteiger partial charge in [0.05, 0.1) is 5.69 Å². The van der Waals surface area contributed by atoms with Crippen molar-refractivity contribution in [2.75, 3.05) is 11.5 Å². The smallest absolute Gasteiger partial charge is 0.0762 e. The fourth-order valence-electron chi connectivity index (χ4n) is 2.28. The highest BCUT2D eigenvalue weighted by atomic mass is 35.5. The second-order valence-corrected chi connectivity index (χ2v) is 8.37. The Morgan fingerprint density at radius 3 is 2.11 bits per heavy atom. The lowest BCUT2D eigenvalue weighted by molar-refractivity contribution is 0.335. The summed E-state index contributed by atoms with van der Waals surface area (Å²) in [6.45, 7) is 8.95. The van der Waals surface area contributed by atoms with Crippen LogP contribution in [0.25, 0.3) is 0 Å². The summed E-state index contributed by atoms with van der Waals surface area (Å²) in [5.41, 5.74) is 4.10. The predicted molar refractivity (Wildman–Crippen MR) is 83.1 cm³/mol. The highest BCUT2D eigenvalue weighted by Gasteiger charge is 2.23. The van der Waals surface area contributed by atoms with Gasteiger partial charge in [0, 0.05) is 16.5 Å². The monoisotopic (exact) mass is 283 g/mol. The van der Waals surface area contributed by atoms with Gasteiger partial charge in [-0.25, -0.2) is 4.36 Å². The fourth-order valence-corrected chi connectivity index (χ4v) is 5.12. The topological polar surface area (TPSA) is 12.4 Å². The molecule has 100 valence electrons. The van der Waals surface area contributed by atoms with E-state index in [4.69, 9.17) is 16.0 Å². The first-order valence-electron chi connectivity index (χ1n) is 6.53. The molecular formula is C15H22ClNS. The highest BCUT2D eigenvalue weighted by Crippen LogP contribution is 2.33.